The number of nitrogens with one attached hydrogen (secondary N) is 1. The molecule has 16 heavy (non-hydrogen) atoms. The van der Waals surface area contributed by atoms with Gasteiger partial charge in [0.15, 0.2) is 0 Å². The largest absolute Gasteiger partial charge is 0.395 e. The molecule has 0 unspecified atom stereocenters. The summed E-state index contributed by atoms with van der Waals surface area (Å²) in [5.41, 5.74) is 4.79. The van der Waals surface area contributed by atoms with Crippen molar-refractivity contribution in [2.45, 2.75) is 6.42 Å². The fraction of sp³-hybridized carbons (Fsp3) is 0.778. The first-order valence-corrected chi connectivity index (χ1v) is 5.01. The molecule has 0 saturated carbocycles. The van der Waals surface area contributed by atoms with E-state index in [1.54, 1.807) is 7.11 Å². The van der Waals surface area contributed by atoms with Gasteiger partial charge in [-0.3, -0.25) is 15.0 Å². The molecule has 94 valence electrons. The van der Waals surface area contributed by atoms with Crippen molar-refractivity contribution < 1.29 is 19.4 Å². The van der Waals surface area contributed by atoms with E-state index < -0.39 is 11.9 Å². The molecule has 0 aliphatic rings. The number of aliphatic hydroxyl groups is 1. The van der Waals surface area contributed by atoms with Crippen molar-refractivity contribution in [2.75, 3.05) is 40.0 Å². The van der Waals surface area contributed by atoms with Gasteiger partial charge in [0.05, 0.1) is 13.2 Å². The number of nitrogens with two attached hydrogens (primary N) is 1. The van der Waals surface area contributed by atoms with Crippen molar-refractivity contribution in [1.82, 2.24) is 10.2 Å². The Bertz CT molecular complexity index is 223. The number of rotatable bonds is 8. The number of methoxy groups -OCH3 is 1. The molecule has 0 aromatic heterocycles. The van der Waals surface area contributed by atoms with Gasteiger partial charge in [0.1, 0.15) is 0 Å². The second-order valence-electron chi connectivity index (χ2n) is 3.22. The standard InChI is InChI=1S/C9H19N3O4/c1-16-7-5-12(4-6-13)3-2-8(14)11-9(10)15/h13H,2-7H2,1H3,(H3,10,11,14,15). The lowest BCUT2D eigenvalue weighted by Gasteiger charge is -2.20. The van der Waals surface area contributed by atoms with Gasteiger partial charge in [0.25, 0.3) is 0 Å². The molecule has 0 rings (SSSR count). The molecule has 3 amide bonds. The molecule has 0 saturated heterocycles. The highest BCUT2D eigenvalue weighted by Crippen LogP contribution is 1.91. The predicted octanol–water partition coefficient (Wildman–Crippen LogP) is -1.49. The first-order chi connectivity index (χ1) is 7.60. The molecule has 0 aromatic rings. The number of urea groups is 1. The van der Waals surface area contributed by atoms with Crippen LogP contribution in [0, 0.1) is 0 Å². The third-order valence-corrected chi connectivity index (χ3v) is 1.95. The minimum atomic E-state index is -0.851. The van der Waals surface area contributed by atoms with Crippen LogP contribution in [0.3, 0.4) is 0 Å². The van der Waals surface area contributed by atoms with Crippen molar-refractivity contribution in [3.05, 3.63) is 0 Å². The Hall–Kier alpha value is -1.18. The number of hydrogen-bond acceptors (Lipinski definition) is 5. The Balaban J connectivity index is 3.81. The normalized spacial score (nSPS) is 10.4. The molecule has 7 nitrogen and oxygen atoms in total. The number of nitrogens with zero attached hydrogens (tertiary/aromatic N) is 1. The predicted molar refractivity (Wildman–Crippen MR) is 57.7 cm³/mol. The van der Waals surface area contributed by atoms with Gasteiger partial charge in [-0.2, -0.15) is 0 Å². The van der Waals surface area contributed by atoms with Crippen molar-refractivity contribution >= 4 is 11.9 Å². The molecular formula is C9H19N3O4. The van der Waals surface area contributed by atoms with E-state index in [9.17, 15) is 9.59 Å². The third kappa shape index (κ3) is 8.16. The highest BCUT2D eigenvalue weighted by molar-refractivity contribution is 5.93. The summed E-state index contributed by atoms with van der Waals surface area (Å²) >= 11 is 0. The lowest BCUT2D eigenvalue weighted by molar-refractivity contribution is -0.120. The first-order valence-electron chi connectivity index (χ1n) is 5.01. The van der Waals surface area contributed by atoms with Crippen molar-refractivity contribution in [3.63, 3.8) is 0 Å². The van der Waals surface area contributed by atoms with E-state index in [1.165, 1.54) is 0 Å². The summed E-state index contributed by atoms with van der Waals surface area (Å²) in [6, 6.07) is -0.851. The molecule has 0 aliphatic carbocycles. The minimum Gasteiger partial charge on any atom is -0.395 e. The molecule has 0 fully saturated rings. The number of carbonyl (C=O) groups excluding carboxylic acids is 2. The van der Waals surface area contributed by atoms with Crippen LogP contribution in [0.1, 0.15) is 6.42 Å². The summed E-state index contributed by atoms with van der Waals surface area (Å²) in [6.07, 6.45) is 0.159. The van der Waals surface area contributed by atoms with Gasteiger partial charge in [-0.15, -0.1) is 0 Å². The Morgan fingerprint density at radius 1 is 1.38 bits per heavy atom. The number of ether oxygens (including phenoxy) is 1. The van der Waals surface area contributed by atoms with Crippen LogP contribution in [0.25, 0.3) is 0 Å². The van der Waals surface area contributed by atoms with E-state index >= 15 is 0 Å². The molecule has 0 radical (unpaired) electrons. The van der Waals surface area contributed by atoms with Gasteiger partial charge >= 0.3 is 6.03 Å². The Morgan fingerprint density at radius 3 is 2.56 bits per heavy atom. The lowest BCUT2D eigenvalue weighted by Crippen LogP contribution is -2.38. The second-order valence-corrected chi connectivity index (χ2v) is 3.22. The summed E-state index contributed by atoms with van der Waals surface area (Å²) in [6.45, 7) is 2.08. The summed E-state index contributed by atoms with van der Waals surface area (Å²) < 4.78 is 4.89. The fourth-order valence-electron chi connectivity index (χ4n) is 1.16. The van der Waals surface area contributed by atoms with Crippen LogP contribution in [0.2, 0.25) is 0 Å². The van der Waals surface area contributed by atoms with Gasteiger partial charge in [-0.25, -0.2) is 4.79 Å². The quantitative estimate of drug-likeness (QED) is 0.474. The monoisotopic (exact) mass is 233 g/mol. The van der Waals surface area contributed by atoms with Gasteiger partial charge in [0.2, 0.25) is 5.91 Å². The molecule has 0 heterocycles. The highest BCUT2D eigenvalue weighted by atomic mass is 16.5. The fourth-order valence-corrected chi connectivity index (χ4v) is 1.16. The van der Waals surface area contributed by atoms with Crippen molar-refractivity contribution in [1.29, 1.82) is 0 Å². The van der Waals surface area contributed by atoms with Crippen LogP contribution in [0.5, 0.6) is 0 Å². The molecule has 0 aliphatic heterocycles. The highest BCUT2D eigenvalue weighted by Gasteiger charge is 2.08. The number of aliphatic hydroxyl groups excluding tert-OH is 1. The number of imide groups is 1. The summed E-state index contributed by atoms with van der Waals surface area (Å²) in [4.78, 5) is 23.3. The molecule has 0 atom stereocenters. The number of primary amides is 1. The van der Waals surface area contributed by atoms with Crippen LogP contribution in [-0.4, -0.2) is 61.9 Å². The molecule has 0 bridgehead atoms. The minimum absolute atomic E-state index is 0.0150. The zero-order valence-corrected chi connectivity index (χ0v) is 9.44. The SMILES string of the molecule is COCCN(CCO)CCC(=O)NC(N)=O. The second kappa shape index (κ2) is 9.08. The van der Waals surface area contributed by atoms with Crippen LogP contribution in [0.15, 0.2) is 0 Å². The van der Waals surface area contributed by atoms with Crippen LogP contribution >= 0.6 is 0 Å². The van der Waals surface area contributed by atoms with Crippen molar-refractivity contribution in [2.24, 2.45) is 5.73 Å². The van der Waals surface area contributed by atoms with E-state index in [1.807, 2.05) is 10.2 Å². The molecule has 4 N–H and O–H groups in total. The molecule has 7 heteroatoms. The average Bonchev–Trinajstić information content (AvgIpc) is 2.21. The number of carbonyl (C=O) groups is 2. The van der Waals surface area contributed by atoms with E-state index in [2.05, 4.69) is 0 Å². The Kier molecular flexibility index (Phi) is 8.41. The maximum Gasteiger partial charge on any atom is 0.318 e. The summed E-state index contributed by atoms with van der Waals surface area (Å²) in [7, 11) is 1.58. The molecule has 0 spiro atoms. The van der Waals surface area contributed by atoms with Crippen LogP contribution in [0.4, 0.5) is 4.79 Å². The van der Waals surface area contributed by atoms with E-state index in [-0.39, 0.29) is 13.0 Å². The van der Waals surface area contributed by atoms with Gasteiger partial charge in [-0.1, -0.05) is 0 Å². The van der Waals surface area contributed by atoms with E-state index in [0.717, 1.165) is 0 Å². The smallest absolute Gasteiger partial charge is 0.318 e. The zero-order chi connectivity index (χ0) is 12.4. The van der Waals surface area contributed by atoms with Gasteiger partial charge in [-0.05, 0) is 0 Å². The van der Waals surface area contributed by atoms with Gasteiger partial charge < -0.3 is 15.6 Å². The average molecular weight is 233 g/mol. The molecular weight excluding hydrogens is 214 g/mol. The number of hydrogen-bond donors (Lipinski definition) is 3. The Morgan fingerprint density at radius 2 is 2.06 bits per heavy atom. The van der Waals surface area contributed by atoms with Crippen molar-refractivity contribution in [3.8, 4) is 0 Å². The first kappa shape index (κ1) is 14.8. The van der Waals surface area contributed by atoms with Crippen LogP contribution in [-0.2, 0) is 9.53 Å². The molecule has 0 aromatic carbocycles. The van der Waals surface area contributed by atoms with Gasteiger partial charge in [0, 0.05) is 33.2 Å². The topological polar surface area (TPSA) is 105 Å². The maximum atomic E-state index is 11.1. The van der Waals surface area contributed by atoms with E-state index in [0.29, 0.717) is 26.2 Å². The third-order valence-electron chi connectivity index (χ3n) is 1.95. The number of amides is 3. The van der Waals surface area contributed by atoms with E-state index in [4.69, 9.17) is 15.6 Å². The summed E-state index contributed by atoms with van der Waals surface area (Å²) in [5, 5.41) is 10.8. The lowest BCUT2D eigenvalue weighted by atomic mass is 10.3. The van der Waals surface area contributed by atoms with Crippen LogP contribution < -0.4 is 11.1 Å². The maximum absolute atomic E-state index is 11.1. The Labute approximate surface area is 94.5 Å². The summed E-state index contributed by atoms with van der Waals surface area (Å²) in [5.74, 6) is -0.423. The zero-order valence-electron chi connectivity index (χ0n) is 9.44.